The molecule has 2 rings (SSSR count). The lowest BCUT2D eigenvalue weighted by molar-refractivity contribution is -0.656. The maximum absolute atomic E-state index is 11.7. The summed E-state index contributed by atoms with van der Waals surface area (Å²) in [5.74, 6) is 0. The first-order valence-corrected chi connectivity index (χ1v) is 9.29. The van der Waals surface area contributed by atoms with Crippen molar-refractivity contribution < 1.29 is 22.2 Å². The van der Waals surface area contributed by atoms with Crippen molar-refractivity contribution in [2.75, 3.05) is 0 Å². The van der Waals surface area contributed by atoms with Gasteiger partial charge < -0.3 is 14.6 Å². The van der Waals surface area contributed by atoms with Gasteiger partial charge in [0, 0.05) is 47.8 Å². The molecule has 2 atom stereocenters. The van der Waals surface area contributed by atoms with Crippen LogP contribution in [0.4, 0.5) is 0 Å². The molecule has 0 bridgehead atoms. The predicted octanol–water partition coefficient (Wildman–Crippen LogP) is 2.10. The summed E-state index contributed by atoms with van der Waals surface area (Å²) in [6.07, 6.45) is 5.74. The molecule has 0 spiro atoms. The smallest absolute Gasteiger partial charge is 0.214 e. The summed E-state index contributed by atoms with van der Waals surface area (Å²) in [4.78, 5) is -2.90. The molecular weight excluding hydrogens is 300 g/mol. The van der Waals surface area contributed by atoms with Crippen molar-refractivity contribution in [3.8, 4) is 0 Å². The van der Waals surface area contributed by atoms with Gasteiger partial charge in [0.25, 0.3) is 0 Å². The lowest BCUT2D eigenvalue weighted by Crippen LogP contribution is -2.59. The third-order valence-electron chi connectivity index (χ3n) is 4.66. The molecule has 2 saturated carbocycles. The first-order valence-electron chi connectivity index (χ1n) is 7.14. The van der Waals surface area contributed by atoms with E-state index in [-0.39, 0.29) is 0 Å². The van der Waals surface area contributed by atoms with Crippen molar-refractivity contribution in [2.24, 2.45) is 0 Å². The van der Waals surface area contributed by atoms with E-state index in [9.17, 15) is 23.1 Å². The van der Waals surface area contributed by atoms with Crippen molar-refractivity contribution in [3.05, 3.63) is 5.53 Å². The summed E-state index contributed by atoms with van der Waals surface area (Å²) in [5, 5.41) is 0. The van der Waals surface area contributed by atoms with Crippen molar-refractivity contribution in [2.45, 2.75) is 74.0 Å². The quantitative estimate of drug-likeness (QED) is 0.449. The van der Waals surface area contributed by atoms with Crippen LogP contribution < -0.4 is 0 Å². The van der Waals surface area contributed by atoms with Crippen LogP contribution in [0.15, 0.2) is 0 Å². The molecule has 20 heavy (non-hydrogen) atoms. The Morgan fingerprint density at radius 2 is 1.05 bits per heavy atom. The van der Waals surface area contributed by atoms with Crippen LogP contribution in [0.2, 0.25) is 0 Å². The summed E-state index contributed by atoms with van der Waals surface area (Å²) in [6.45, 7) is 0. The highest BCUT2D eigenvalue weighted by Gasteiger charge is 2.52. The molecule has 116 valence electrons. The van der Waals surface area contributed by atoms with E-state index in [0.29, 0.717) is 56.1 Å². The van der Waals surface area contributed by atoms with Crippen LogP contribution >= 0.6 is 0 Å². The second-order valence-electron chi connectivity index (χ2n) is 5.79. The first kappa shape index (κ1) is 16.2. The van der Waals surface area contributed by atoms with Crippen molar-refractivity contribution in [1.82, 2.24) is 0 Å². The summed E-state index contributed by atoms with van der Waals surface area (Å²) >= 11 is -5.06. The van der Waals surface area contributed by atoms with Gasteiger partial charge in [0.2, 0.25) is 9.74 Å². The van der Waals surface area contributed by atoms with Crippen LogP contribution in [0.5, 0.6) is 0 Å². The van der Waals surface area contributed by atoms with Gasteiger partial charge in [-0.1, -0.05) is 12.8 Å². The number of nitrogens with zero attached hydrogens (tertiary/aromatic N) is 2. The monoisotopic (exact) mass is 320 g/mol. The van der Waals surface area contributed by atoms with E-state index in [1.807, 2.05) is 0 Å². The number of hydrogen-bond donors (Lipinski definition) is 0. The van der Waals surface area contributed by atoms with Crippen LogP contribution in [0.25, 0.3) is 5.53 Å². The van der Waals surface area contributed by atoms with Gasteiger partial charge >= 0.3 is 0 Å². The largest absolute Gasteiger partial charge is 0.767 e. The number of rotatable bonds is 4. The van der Waals surface area contributed by atoms with Gasteiger partial charge in [-0.2, -0.15) is 0 Å². The highest BCUT2D eigenvalue weighted by molar-refractivity contribution is 7.81. The lowest BCUT2D eigenvalue weighted by Gasteiger charge is -2.48. The maximum atomic E-state index is 11.7. The second kappa shape index (κ2) is 6.29. The molecule has 0 aromatic heterocycles. The van der Waals surface area contributed by atoms with Gasteiger partial charge in [-0.3, -0.25) is 13.1 Å². The van der Waals surface area contributed by atoms with Crippen LogP contribution in [0.1, 0.15) is 64.2 Å². The fourth-order valence-corrected chi connectivity index (χ4v) is 5.41. The molecule has 0 aromatic carbocycles. The molecule has 0 heterocycles. The van der Waals surface area contributed by atoms with Crippen LogP contribution in [-0.4, -0.2) is 32.0 Å². The Labute approximate surface area is 124 Å². The van der Waals surface area contributed by atoms with E-state index in [4.69, 9.17) is 0 Å². The summed E-state index contributed by atoms with van der Waals surface area (Å²) in [5.41, 5.74) is 10.6. The molecule has 0 amide bonds. The van der Waals surface area contributed by atoms with E-state index >= 15 is 0 Å². The molecule has 2 aliphatic rings. The van der Waals surface area contributed by atoms with Gasteiger partial charge in [0.15, 0.2) is 0 Å². The van der Waals surface area contributed by atoms with Gasteiger partial charge in [-0.25, -0.2) is 0 Å². The Hall–Kier alpha value is -0.180. The first-order chi connectivity index (χ1) is 9.46. The Balaban J connectivity index is 2.38. The molecule has 0 radical (unpaired) electrons. The highest BCUT2D eigenvalue weighted by atomic mass is 32.2. The van der Waals surface area contributed by atoms with Crippen molar-refractivity contribution in [3.63, 3.8) is 0 Å². The molecule has 2 fully saturated rings. The second-order valence-corrected chi connectivity index (χ2v) is 8.25. The summed E-state index contributed by atoms with van der Waals surface area (Å²) < 4.78 is 47.6. The maximum Gasteiger partial charge on any atom is 0.214 e. The summed E-state index contributed by atoms with van der Waals surface area (Å²) in [7, 11) is 0. The molecule has 2 unspecified atom stereocenters. The lowest BCUT2D eigenvalue weighted by atomic mass is 9.89. The SMILES string of the molecule is [N-]=[N+](C1(S(=O)[O-])CCCCC1)C1(S(=O)[O-])CCCCC1. The van der Waals surface area contributed by atoms with E-state index in [1.54, 1.807) is 0 Å². The van der Waals surface area contributed by atoms with Crippen molar-refractivity contribution in [1.29, 1.82) is 0 Å². The average molecular weight is 320 g/mol. The minimum Gasteiger partial charge on any atom is -0.767 e. The van der Waals surface area contributed by atoms with E-state index in [2.05, 4.69) is 0 Å². The minimum absolute atomic E-state index is 0.290. The zero-order valence-electron chi connectivity index (χ0n) is 11.4. The van der Waals surface area contributed by atoms with Crippen LogP contribution in [0.3, 0.4) is 0 Å². The molecule has 0 N–H and O–H groups in total. The Kier molecular flexibility index (Phi) is 5.09. The average Bonchev–Trinajstić information content (AvgIpc) is 2.47. The van der Waals surface area contributed by atoms with E-state index < -0.39 is 31.9 Å². The Morgan fingerprint density at radius 1 is 0.750 bits per heavy atom. The third kappa shape index (κ3) is 2.63. The molecule has 0 aromatic rings. The molecule has 0 saturated heterocycles. The van der Waals surface area contributed by atoms with Crippen LogP contribution in [-0.2, 0) is 22.2 Å². The zero-order chi connectivity index (χ0) is 14.8. The predicted molar refractivity (Wildman–Crippen MR) is 73.1 cm³/mol. The molecule has 0 aliphatic heterocycles. The highest BCUT2D eigenvalue weighted by Crippen LogP contribution is 2.43. The molecule has 2 aliphatic carbocycles. The summed E-state index contributed by atoms with van der Waals surface area (Å²) in [6, 6.07) is 0. The van der Waals surface area contributed by atoms with Gasteiger partial charge in [-0.05, 0) is 25.7 Å². The Morgan fingerprint density at radius 3 is 1.30 bits per heavy atom. The zero-order valence-corrected chi connectivity index (χ0v) is 13.0. The van der Waals surface area contributed by atoms with E-state index in [1.165, 1.54) is 0 Å². The molecule has 6 nitrogen and oxygen atoms in total. The number of hydrogen-bond acceptors (Lipinski definition) is 4. The third-order valence-corrected chi connectivity index (χ3v) is 7.07. The fraction of sp³-hybridized carbons (Fsp3) is 1.00. The van der Waals surface area contributed by atoms with Gasteiger partial charge in [0.05, 0.1) is 0 Å². The molecular formula is C12H20N2O4S2-2. The fourth-order valence-electron chi connectivity index (χ4n) is 3.48. The Bertz CT molecular complexity index is 391. The normalized spacial score (nSPS) is 28.5. The van der Waals surface area contributed by atoms with E-state index in [0.717, 1.165) is 12.8 Å². The molecule has 8 heteroatoms. The topological polar surface area (TPSA) is 106 Å². The van der Waals surface area contributed by atoms with Gasteiger partial charge in [-0.15, -0.1) is 0 Å². The van der Waals surface area contributed by atoms with Gasteiger partial charge in [0.1, 0.15) is 0 Å². The van der Waals surface area contributed by atoms with Crippen LogP contribution in [0, 0.1) is 0 Å². The van der Waals surface area contributed by atoms with Crippen molar-refractivity contribution >= 4 is 22.2 Å². The minimum atomic E-state index is -2.53. The standard InChI is InChI=1S/C12H22N2O4S2/c13-14(11(19(15)16)7-3-1-4-8-11)12(20(17)18)9-5-2-6-10-12/h1-10H2,(H,15,16)(H,17,18)/p-2.